The summed E-state index contributed by atoms with van der Waals surface area (Å²) >= 11 is 0. The van der Waals surface area contributed by atoms with Crippen LogP contribution in [0, 0.1) is 5.82 Å². The number of aliphatic hydroxyl groups is 2. The van der Waals surface area contributed by atoms with Crippen molar-refractivity contribution >= 4 is 16.7 Å². The van der Waals surface area contributed by atoms with E-state index in [9.17, 15) is 23.8 Å². The second-order valence-electron chi connectivity index (χ2n) is 9.13. The van der Waals surface area contributed by atoms with Gasteiger partial charge in [0.2, 0.25) is 0 Å². The number of alkyl halides is 2. The van der Waals surface area contributed by atoms with E-state index in [1.165, 1.54) is 0 Å². The van der Waals surface area contributed by atoms with Crippen molar-refractivity contribution in [2.24, 2.45) is 0 Å². The molecule has 2 N–H and O–H groups in total. The maximum Gasteiger partial charge on any atom is 0.586 e. The number of ketones is 1. The first-order valence-corrected chi connectivity index (χ1v) is 11.2. The molecule has 198 valence electrons. The number of aromatic nitrogens is 1. The zero-order valence-electron chi connectivity index (χ0n) is 32.6. The Bertz CT molecular complexity index is 1940. The standard InChI is InChI=1S/C28H30F3NO5/c1-4-26(2,3)24-10-17-9-16(20(29)13-21(17)32(24)14-19(34)15-33)11-25(35)27(7-8-27)18-5-6-22-23(12-18)37-28(30,31)36-22/h5-6,9-10,12-13,19,33-34H,4,7-8,11,14-15H2,1-3H3/t19-/m1/s1/i2D3,4D2,5D,6D,9D,10D,12D,13D,15D2/t19-,26?. The molecular weight excluding hydrogens is 487 g/mol. The Balaban J connectivity index is 1.73. The summed E-state index contributed by atoms with van der Waals surface area (Å²) in [6.07, 6.45) is -10.6. The van der Waals surface area contributed by atoms with E-state index in [1.807, 2.05) is 0 Å². The molecule has 3 aromatic rings. The van der Waals surface area contributed by atoms with Crippen LogP contribution >= 0.6 is 0 Å². The van der Waals surface area contributed by atoms with Gasteiger partial charge in [0.25, 0.3) is 0 Å². The Kier molecular flexibility index (Phi) is 3.37. The van der Waals surface area contributed by atoms with Gasteiger partial charge in [0, 0.05) is 29.8 Å². The number of hydrogen-bond acceptors (Lipinski definition) is 5. The lowest BCUT2D eigenvalue weighted by atomic mass is 9.86. The molecule has 6 nitrogen and oxygen atoms in total. The lowest BCUT2D eigenvalue weighted by Crippen LogP contribution is -2.26. The summed E-state index contributed by atoms with van der Waals surface area (Å²) in [4.78, 5) is 13.9. The Morgan fingerprint density at radius 1 is 1.27 bits per heavy atom. The van der Waals surface area contributed by atoms with Gasteiger partial charge >= 0.3 is 6.29 Å². The van der Waals surface area contributed by atoms with Gasteiger partial charge in [0.1, 0.15) is 11.6 Å². The van der Waals surface area contributed by atoms with Gasteiger partial charge in [-0.1, -0.05) is 26.7 Å². The van der Waals surface area contributed by atoms with Crippen LogP contribution in [0.25, 0.3) is 10.9 Å². The topological polar surface area (TPSA) is 80.9 Å². The summed E-state index contributed by atoms with van der Waals surface area (Å²) in [5.74, 6) is -4.27. The molecule has 2 atom stereocenters. The Morgan fingerprint density at radius 2 is 2.00 bits per heavy atom. The average molecular weight is 531 g/mol. The summed E-state index contributed by atoms with van der Waals surface area (Å²) in [5.41, 5.74) is -7.30. The van der Waals surface area contributed by atoms with Crippen LogP contribution in [0.1, 0.15) is 74.6 Å². The van der Waals surface area contributed by atoms with Gasteiger partial charge in [-0.2, -0.15) is 0 Å². The fraction of sp³-hybridized carbons (Fsp3) is 0.464. The van der Waals surface area contributed by atoms with Crippen LogP contribution in [-0.2, 0) is 28.6 Å². The third-order valence-electron chi connectivity index (χ3n) is 6.55. The Morgan fingerprint density at radius 3 is 2.65 bits per heavy atom. The molecule has 2 aromatic carbocycles. The number of carbonyl (C=O) groups excluding carboxylic acids is 1. The number of halogens is 3. The van der Waals surface area contributed by atoms with E-state index >= 15 is 4.39 Å². The van der Waals surface area contributed by atoms with Gasteiger partial charge in [0.15, 0.2) is 11.5 Å². The molecule has 0 bridgehead atoms. The van der Waals surface area contributed by atoms with E-state index in [-0.39, 0.29) is 12.8 Å². The normalized spacial score (nSPS) is 25.8. The number of ether oxygens (including phenoxy) is 2. The molecule has 1 aromatic heterocycles. The van der Waals surface area contributed by atoms with Crippen molar-refractivity contribution in [3.63, 3.8) is 0 Å². The van der Waals surface area contributed by atoms with Crippen LogP contribution in [-0.4, -0.2) is 39.5 Å². The molecule has 37 heavy (non-hydrogen) atoms. The van der Waals surface area contributed by atoms with E-state index in [2.05, 4.69) is 9.47 Å². The minimum Gasteiger partial charge on any atom is -0.395 e. The molecular formula is C28H30F3NO5. The van der Waals surface area contributed by atoms with Crippen molar-refractivity contribution in [2.45, 2.75) is 76.1 Å². The number of fused-ring (bicyclic) bond motifs is 2. The van der Waals surface area contributed by atoms with Gasteiger partial charge in [-0.3, -0.25) is 4.79 Å². The number of Topliss-reactive ketones (excluding diaryl/α,β-unsaturated/α-hetero) is 1. The minimum absolute atomic E-state index is 0.0855. The second kappa shape index (κ2) is 8.77. The van der Waals surface area contributed by atoms with E-state index in [1.54, 1.807) is 0 Å². The monoisotopic (exact) mass is 530 g/mol. The fourth-order valence-corrected chi connectivity index (χ4v) is 4.27. The lowest BCUT2D eigenvalue weighted by molar-refractivity contribution is -0.286. The minimum atomic E-state index is -4.25. The van der Waals surface area contributed by atoms with E-state index in [0.29, 0.717) is 4.57 Å². The summed E-state index contributed by atoms with van der Waals surface area (Å²) in [5, 5.41) is 19.6. The van der Waals surface area contributed by atoms with Gasteiger partial charge in [0.05, 0.1) is 41.1 Å². The average Bonchev–Trinajstić information content (AvgIpc) is 3.61. The molecule has 1 saturated carbocycles. The first-order chi connectivity index (χ1) is 22.5. The van der Waals surface area contributed by atoms with Crippen molar-refractivity contribution in [1.82, 2.24) is 4.57 Å². The largest absolute Gasteiger partial charge is 0.586 e. The highest BCUT2D eigenvalue weighted by molar-refractivity contribution is 5.95. The first-order valence-electron chi connectivity index (χ1n) is 17.7. The lowest BCUT2D eigenvalue weighted by Gasteiger charge is -2.26. The quantitative estimate of drug-likeness (QED) is 0.408. The molecule has 1 aliphatic heterocycles. The molecule has 0 saturated heterocycles. The first kappa shape index (κ1) is 14.2. The predicted octanol–water partition coefficient (Wildman–Crippen LogP) is 4.99. The van der Waals surface area contributed by atoms with E-state index in [0.717, 1.165) is 13.8 Å². The zero-order valence-corrected chi connectivity index (χ0v) is 19.6. The molecule has 1 aliphatic carbocycles. The zero-order chi connectivity index (χ0) is 38.1. The highest BCUT2D eigenvalue weighted by Crippen LogP contribution is 2.52. The Hall–Kier alpha value is -3.04. The Labute approximate surface area is 230 Å². The summed E-state index contributed by atoms with van der Waals surface area (Å²) in [6.45, 7) is -6.01. The number of benzene rings is 2. The predicted molar refractivity (Wildman–Crippen MR) is 131 cm³/mol. The highest BCUT2D eigenvalue weighted by Gasteiger charge is 2.52. The van der Waals surface area contributed by atoms with Gasteiger partial charge in [-0.25, -0.2) is 4.39 Å². The fourth-order valence-electron chi connectivity index (χ4n) is 4.27. The van der Waals surface area contributed by atoms with Crippen LogP contribution in [0.15, 0.2) is 36.3 Å². The van der Waals surface area contributed by atoms with Crippen LogP contribution in [0.3, 0.4) is 0 Å². The van der Waals surface area contributed by atoms with Crippen LogP contribution in [0.5, 0.6) is 11.5 Å². The van der Waals surface area contributed by atoms with Crippen molar-refractivity contribution < 1.29 is 55.5 Å². The van der Waals surface area contributed by atoms with E-state index in [4.69, 9.17) is 17.8 Å². The van der Waals surface area contributed by atoms with Gasteiger partial charge in [-0.05, 0) is 60.6 Å². The molecule has 1 fully saturated rings. The molecule has 0 amide bonds. The molecule has 0 spiro atoms. The van der Waals surface area contributed by atoms with Crippen LogP contribution in [0.2, 0.25) is 0 Å². The van der Waals surface area contributed by atoms with E-state index < -0.39 is 143 Å². The molecule has 2 aliphatic rings. The maximum atomic E-state index is 16.2. The molecule has 9 heteroatoms. The SMILES string of the molecule is [2H]c1c([2H])c(C2(C(=O)Cc3c(F)c([2H])c4c(c3[2H])c([2H])c(C(C)(C([2H])([2H])[2H])C([2H])([2H])C)n4C[C@@H](O)C([2H])([2H])O)CC2)c([2H])c2c1OC(F)(F)O2. The maximum absolute atomic E-state index is 16.2. The van der Waals surface area contributed by atoms with Crippen LogP contribution in [0.4, 0.5) is 13.2 Å². The number of aliphatic hydroxyl groups excluding tert-OH is 1. The summed E-state index contributed by atoms with van der Waals surface area (Å²) in [7, 11) is 0. The number of carbonyl (C=O) groups is 1. The molecule has 2 heterocycles. The van der Waals surface area contributed by atoms with Crippen molar-refractivity contribution in [2.75, 3.05) is 6.56 Å². The number of nitrogens with zero attached hydrogens (tertiary/aromatic N) is 1. The second-order valence-corrected chi connectivity index (χ2v) is 9.13. The third-order valence-corrected chi connectivity index (χ3v) is 6.55. The summed E-state index contributed by atoms with van der Waals surface area (Å²) in [6, 6.07) is -5.56. The van der Waals surface area contributed by atoms with Crippen molar-refractivity contribution in [3.05, 3.63) is 58.9 Å². The highest BCUT2D eigenvalue weighted by atomic mass is 19.3. The smallest absolute Gasteiger partial charge is 0.395 e. The molecule has 0 radical (unpaired) electrons. The van der Waals surface area contributed by atoms with Gasteiger partial charge < -0.3 is 24.3 Å². The van der Waals surface area contributed by atoms with Gasteiger partial charge in [-0.15, -0.1) is 8.78 Å². The molecule has 1 unspecified atom stereocenters. The molecule has 5 rings (SSSR count). The van der Waals surface area contributed by atoms with Crippen molar-refractivity contribution in [3.8, 4) is 11.5 Å². The number of hydrogen-bond donors (Lipinski definition) is 2. The summed E-state index contributed by atoms with van der Waals surface area (Å²) < 4.78 is 161. The number of rotatable bonds is 9. The van der Waals surface area contributed by atoms with Crippen LogP contribution < -0.4 is 9.47 Å². The van der Waals surface area contributed by atoms with Crippen molar-refractivity contribution in [1.29, 1.82) is 0 Å². The third kappa shape index (κ3) is 4.48.